The first-order chi connectivity index (χ1) is 6.06. The molecule has 3 heteroatoms. The van der Waals surface area contributed by atoms with Crippen molar-refractivity contribution in [1.29, 1.82) is 0 Å². The van der Waals surface area contributed by atoms with E-state index in [4.69, 9.17) is 10.5 Å². The van der Waals surface area contributed by atoms with Crippen molar-refractivity contribution >= 4 is 5.69 Å². The Bertz CT molecular complexity index is 316. The van der Waals surface area contributed by atoms with Crippen LogP contribution in [0.3, 0.4) is 0 Å². The van der Waals surface area contributed by atoms with E-state index < -0.39 is 0 Å². The van der Waals surface area contributed by atoms with E-state index in [0.29, 0.717) is 5.92 Å². The number of ether oxygens (including phenoxy) is 1. The normalized spacial score (nSPS) is 9.79. The number of hydrogen-bond acceptors (Lipinski definition) is 2. The molecule has 2 nitrogen and oxygen atoms in total. The van der Waals surface area contributed by atoms with Crippen molar-refractivity contribution in [1.82, 2.24) is 0 Å². The van der Waals surface area contributed by atoms with E-state index in [2.05, 4.69) is 13.8 Å². The summed E-state index contributed by atoms with van der Waals surface area (Å²) in [6.45, 7) is 6.25. The summed E-state index contributed by atoms with van der Waals surface area (Å²) in [6, 6.07) is 3.99. The summed E-state index contributed by atoms with van der Waals surface area (Å²) in [5.74, 6) is 1.37. The van der Waals surface area contributed by atoms with Crippen LogP contribution in [0, 0.1) is 6.92 Å². The molecule has 0 aliphatic heterocycles. The van der Waals surface area contributed by atoms with Crippen LogP contribution in [-0.4, -0.2) is 7.11 Å². The lowest BCUT2D eigenvalue weighted by Gasteiger charge is -2.13. The van der Waals surface area contributed by atoms with E-state index in [1.165, 1.54) is 5.56 Å². The number of hydrogen-bond donors (Lipinski definition) is 1. The van der Waals surface area contributed by atoms with Crippen molar-refractivity contribution in [2.45, 2.75) is 26.7 Å². The summed E-state index contributed by atoms with van der Waals surface area (Å²) >= 11 is 0. The molecule has 0 atom stereocenters. The summed E-state index contributed by atoms with van der Waals surface area (Å²) < 4.78 is 5.29. The van der Waals surface area contributed by atoms with Crippen LogP contribution in [-0.2, 0) is 0 Å². The Morgan fingerprint density at radius 3 is 2.36 bits per heavy atom. The lowest BCUT2D eigenvalue weighted by molar-refractivity contribution is -0.00000328. The molecular formula is C11H18ClNO. The fourth-order valence-corrected chi connectivity index (χ4v) is 1.34. The summed E-state index contributed by atoms with van der Waals surface area (Å²) in [7, 11) is 1.69. The van der Waals surface area contributed by atoms with Gasteiger partial charge in [0.15, 0.2) is 0 Å². The Hall–Kier alpha value is -0.890. The molecule has 14 heavy (non-hydrogen) atoms. The van der Waals surface area contributed by atoms with E-state index in [0.717, 1.165) is 17.0 Å². The Labute approximate surface area is 93.3 Å². The van der Waals surface area contributed by atoms with Crippen LogP contribution in [0.1, 0.15) is 32.3 Å². The van der Waals surface area contributed by atoms with E-state index >= 15 is 0 Å². The molecule has 80 valence electrons. The minimum absolute atomic E-state index is 0. The quantitative estimate of drug-likeness (QED) is 0.696. The third-order valence-electron chi connectivity index (χ3n) is 2.24. The Morgan fingerprint density at radius 2 is 1.93 bits per heavy atom. The average Bonchev–Trinajstić information content (AvgIpc) is 2.08. The van der Waals surface area contributed by atoms with E-state index in [1.807, 2.05) is 19.1 Å². The van der Waals surface area contributed by atoms with Crippen LogP contribution in [0.4, 0.5) is 5.69 Å². The highest BCUT2D eigenvalue weighted by atomic mass is 35.5. The van der Waals surface area contributed by atoms with Gasteiger partial charge in [-0.3, -0.25) is 0 Å². The minimum Gasteiger partial charge on any atom is -1.00 e. The van der Waals surface area contributed by atoms with Crippen LogP contribution < -0.4 is 22.9 Å². The zero-order chi connectivity index (χ0) is 10.0. The molecule has 0 bridgehead atoms. The van der Waals surface area contributed by atoms with Gasteiger partial charge in [0.25, 0.3) is 0 Å². The second-order valence-electron chi connectivity index (χ2n) is 3.61. The molecule has 0 aromatic heterocycles. The first-order valence-corrected chi connectivity index (χ1v) is 4.50. The predicted octanol–water partition coefficient (Wildman–Crippen LogP) is -0.174. The van der Waals surface area contributed by atoms with Crippen molar-refractivity contribution in [2.75, 3.05) is 12.8 Å². The Balaban J connectivity index is 0. The van der Waals surface area contributed by atoms with Gasteiger partial charge in [-0.15, -0.1) is 0 Å². The first-order valence-electron chi connectivity index (χ1n) is 4.50. The number of aryl methyl sites for hydroxylation is 1. The largest absolute Gasteiger partial charge is 1.00 e. The number of anilines is 1. The van der Waals surface area contributed by atoms with Crippen molar-refractivity contribution in [3.05, 3.63) is 23.3 Å². The number of benzene rings is 1. The van der Waals surface area contributed by atoms with Crippen LogP contribution in [0.5, 0.6) is 5.75 Å². The van der Waals surface area contributed by atoms with Crippen LogP contribution in [0.15, 0.2) is 12.1 Å². The maximum absolute atomic E-state index is 5.83. The van der Waals surface area contributed by atoms with Gasteiger partial charge in [0.2, 0.25) is 0 Å². The molecule has 0 saturated heterocycles. The van der Waals surface area contributed by atoms with Crippen LogP contribution in [0.2, 0.25) is 0 Å². The van der Waals surface area contributed by atoms with Crippen LogP contribution in [0.25, 0.3) is 0 Å². The van der Waals surface area contributed by atoms with E-state index in [1.54, 1.807) is 7.11 Å². The summed E-state index contributed by atoms with van der Waals surface area (Å²) in [5, 5.41) is 0. The van der Waals surface area contributed by atoms with E-state index in [9.17, 15) is 0 Å². The third-order valence-corrected chi connectivity index (χ3v) is 2.24. The zero-order valence-electron chi connectivity index (χ0n) is 10.1. The summed E-state index contributed by atoms with van der Waals surface area (Å²) in [6.07, 6.45) is 0. The second kappa shape index (κ2) is 5.11. The van der Waals surface area contributed by atoms with Crippen molar-refractivity contribution in [3.8, 4) is 5.75 Å². The SMILES string of the molecule is COc1cc(C)c(N)cc1C(C)C.[Cl-].[H+]. The fraction of sp³-hybridized carbons (Fsp3) is 0.455. The second-order valence-corrected chi connectivity index (χ2v) is 3.61. The fourth-order valence-electron chi connectivity index (χ4n) is 1.34. The molecule has 1 rings (SSSR count). The molecule has 0 unspecified atom stereocenters. The monoisotopic (exact) mass is 215 g/mol. The first kappa shape index (κ1) is 13.1. The molecule has 0 aliphatic rings. The highest BCUT2D eigenvalue weighted by Crippen LogP contribution is 2.30. The molecule has 0 spiro atoms. The van der Waals surface area contributed by atoms with Crippen LogP contribution >= 0.6 is 0 Å². The van der Waals surface area contributed by atoms with Crippen molar-refractivity contribution in [2.24, 2.45) is 0 Å². The molecule has 1 aromatic rings. The van der Waals surface area contributed by atoms with Crippen molar-refractivity contribution in [3.63, 3.8) is 0 Å². The molecule has 2 N–H and O–H groups in total. The van der Waals surface area contributed by atoms with Gasteiger partial charge in [0, 0.05) is 5.69 Å². The van der Waals surface area contributed by atoms with Crippen molar-refractivity contribution < 1.29 is 18.6 Å². The number of rotatable bonds is 2. The smallest absolute Gasteiger partial charge is 1.00 e. The number of halogens is 1. The van der Waals surface area contributed by atoms with Gasteiger partial charge in [-0.2, -0.15) is 0 Å². The maximum Gasteiger partial charge on any atom is 1.00 e. The molecule has 0 radical (unpaired) electrons. The number of nitrogens with two attached hydrogens (primary N) is 1. The highest BCUT2D eigenvalue weighted by Gasteiger charge is 2.08. The standard InChI is InChI=1S/C11H17NO.ClH/c1-7(2)9-6-10(12)8(3)5-11(9)13-4;/h5-7H,12H2,1-4H3;1H. The average molecular weight is 216 g/mol. The summed E-state index contributed by atoms with van der Waals surface area (Å²) in [5.41, 5.74) is 8.91. The van der Waals surface area contributed by atoms with Gasteiger partial charge in [-0.25, -0.2) is 0 Å². The third kappa shape index (κ3) is 2.55. The molecule has 0 saturated carbocycles. The minimum atomic E-state index is 0. The molecule has 0 aliphatic carbocycles. The van der Waals surface area contributed by atoms with Gasteiger partial charge in [-0.05, 0) is 36.1 Å². The van der Waals surface area contributed by atoms with Gasteiger partial charge >= 0.3 is 1.43 Å². The lowest BCUT2D eigenvalue weighted by atomic mass is 9.99. The topological polar surface area (TPSA) is 35.2 Å². The van der Waals surface area contributed by atoms with Gasteiger partial charge in [-0.1, -0.05) is 13.8 Å². The number of methoxy groups -OCH3 is 1. The molecule has 0 fully saturated rings. The highest BCUT2D eigenvalue weighted by molar-refractivity contribution is 5.54. The zero-order valence-corrected chi connectivity index (χ0v) is 9.85. The predicted molar refractivity (Wildman–Crippen MR) is 57.3 cm³/mol. The Morgan fingerprint density at radius 1 is 1.36 bits per heavy atom. The van der Waals surface area contributed by atoms with Gasteiger partial charge < -0.3 is 22.9 Å². The molecule has 0 heterocycles. The number of nitrogen functional groups attached to an aromatic ring is 1. The molecule has 0 amide bonds. The molecular weight excluding hydrogens is 198 g/mol. The lowest BCUT2D eigenvalue weighted by Crippen LogP contribution is -3.00. The maximum atomic E-state index is 5.83. The Kier molecular flexibility index (Phi) is 4.78. The summed E-state index contributed by atoms with van der Waals surface area (Å²) in [4.78, 5) is 0. The molecule has 1 aromatic carbocycles. The van der Waals surface area contributed by atoms with Gasteiger partial charge in [0.05, 0.1) is 7.11 Å². The van der Waals surface area contributed by atoms with E-state index in [-0.39, 0.29) is 13.8 Å². The van der Waals surface area contributed by atoms with Gasteiger partial charge in [0.1, 0.15) is 5.75 Å².